The van der Waals surface area contributed by atoms with Gasteiger partial charge in [0.25, 0.3) is 0 Å². The molecule has 0 saturated carbocycles. The zero-order valence-corrected chi connectivity index (χ0v) is 17.3. The van der Waals surface area contributed by atoms with Crippen molar-refractivity contribution in [3.8, 4) is 0 Å². The highest BCUT2D eigenvalue weighted by molar-refractivity contribution is 7.78. The van der Waals surface area contributed by atoms with Crippen molar-refractivity contribution in [2.75, 3.05) is 19.4 Å². The molecule has 0 aliphatic carbocycles. The van der Waals surface area contributed by atoms with Crippen LogP contribution >= 0.6 is 14.9 Å². The van der Waals surface area contributed by atoms with E-state index in [1.807, 2.05) is 67.6 Å². The largest absolute Gasteiger partial charge is 0.405 e. The van der Waals surface area contributed by atoms with E-state index in [2.05, 4.69) is 5.09 Å². The van der Waals surface area contributed by atoms with E-state index in [0.29, 0.717) is 6.16 Å². The molecule has 0 spiro atoms. The average molecular weight is 395 g/mol. The number of hydrogen-bond acceptors (Lipinski definition) is 4. The van der Waals surface area contributed by atoms with Gasteiger partial charge in [0, 0.05) is 22.8 Å². The highest BCUT2D eigenvalue weighted by Crippen LogP contribution is 2.48. The molecule has 5 nitrogen and oxygen atoms in total. The summed E-state index contributed by atoms with van der Waals surface area (Å²) in [5, 5.41) is 4.49. The lowest BCUT2D eigenvalue weighted by Crippen LogP contribution is -2.32. The SMILES string of the molecule is CCOP(=O)(NC(C)CP(=O)(c1ccccc1)c1ccccc1)OCC. The number of hydrogen-bond donors (Lipinski definition) is 1. The Morgan fingerprint density at radius 1 is 0.846 bits per heavy atom. The molecule has 0 aliphatic rings. The van der Waals surface area contributed by atoms with Gasteiger partial charge >= 0.3 is 7.75 Å². The van der Waals surface area contributed by atoms with E-state index in [9.17, 15) is 9.13 Å². The standard InChI is InChI=1S/C19H27NO4P2/c1-4-23-26(22,24-5-2)20-17(3)16-25(21,18-12-8-6-9-13-18)19-14-10-7-11-15-19/h6-15,17H,4-5,16H2,1-3H3,(H,20,22). The first-order valence-corrected chi connectivity index (χ1v) is 12.2. The van der Waals surface area contributed by atoms with Crippen LogP contribution in [0.3, 0.4) is 0 Å². The minimum absolute atomic E-state index is 0.270. The predicted molar refractivity (Wildman–Crippen MR) is 108 cm³/mol. The highest BCUT2D eigenvalue weighted by Gasteiger charge is 2.33. The first kappa shape index (κ1) is 21.1. The molecule has 142 valence electrons. The molecule has 0 saturated heterocycles. The number of rotatable bonds is 10. The topological polar surface area (TPSA) is 64.6 Å². The molecule has 2 aromatic rings. The van der Waals surface area contributed by atoms with E-state index in [-0.39, 0.29) is 19.3 Å². The van der Waals surface area contributed by atoms with Crippen molar-refractivity contribution < 1.29 is 18.2 Å². The van der Waals surface area contributed by atoms with Crippen LogP contribution in [0.15, 0.2) is 60.7 Å². The van der Waals surface area contributed by atoms with Gasteiger partial charge in [0.05, 0.1) is 13.2 Å². The van der Waals surface area contributed by atoms with Crippen molar-refractivity contribution in [2.24, 2.45) is 0 Å². The maximum atomic E-state index is 14.0. The van der Waals surface area contributed by atoms with Gasteiger partial charge in [-0.15, -0.1) is 0 Å². The van der Waals surface area contributed by atoms with Crippen LogP contribution in [-0.4, -0.2) is 25.4 Å². The molecule has 0 fully saturated rings. The molecule has 0 heterocycles. The van der Waals surface area contributed by atoms with Gasteiger partial charge in [-0.25, -0.2) is 9.65 Å². The Bertz CT molecular complexity index is 714. The fourth-order valence-corrected chi connectivity index (χ4v) is 7.41. The molecule has 7 heteroatoms. The number of nitrogens with one attached hydrogen (secondary N) is 1. The monoisotopic (exact) mass is 395 g/mol. The van der Waals surface area contributed by atoms with Gasteiger partial charge in [-0.2, -0.15) is 0 Å². The van der Waals surface area contributed by atoms with Crippen LogP contribution in [-0.2, 0) is 18.2 Å². The molecule has 0 radical (unpaired) electrons. The molecule has 2 rings (SSSR count). The third-order valence-electron chi connectivity index (χ3n) is 3.85. The van der Waals surface area contributed by atoms with E-state index in [1.54, 1.807) is 13.8 Å². The molecule has 26 heavy (non-hydrogen) atoms. The zero-order chi connectivity index (χ0) is 19.0. The zero-order valence-electron chi connectivity index (χ0n) is 15.5. The summed E-state index contributed by atoms with van der Waals surface area (Å²) in [5.41, 5.74) is 0. The van der Waals surface area contributed by atoms with Crippen molar-refractivity contribution in [3.63, 3.8) is 0 Å². The fraction of sp³-hybridized carbons (Fsp3) is 0.368. The molecular formula is C19H27NO4P2. The molecule has 0 aliphatic heterocycles. The molecule has 0 amide bonds. The quantitative estimate of drug-likeness (QED) is 0.612. The Kier molecular flexibility index (Phi) is 7.82. The van der Waals surface area contributed by atoms with Crippen LogP contribution in [0.5, 0.6) is 0 Å². The minimum Gasteiger partial charge on any atom is -0.314 e. The second-order valence-corrected chi connectivity index (χ2v) is 10.6. The second kappa shape index (κ2) is 9.64. The maximum absolute atomic E-state index is 14.0. The minimum atomic E-state index is -3.42. The summed E-state index contributed by atoms with van der Waals surface area (Å²) in [4.78, 5) is 0. The third-order valence-corrected chi connectivity index (χ3v) is 9.13. The van der Waals surface area contributed by atoms with Crippen molar-refractivity contribution in [2.45, 2.75) is 26.8 Å². The van der Waals surface area contributed by atoms with Crippen LogP contribution in [0.4, 0.5) is 0 Å². The van der Waals surface area contributed by atoms with Crippen LogP contribution in [0.25, 0.3) is 0 Å². The van der Waals surface area contributed by atoms with Gasteiger partial charge in [-0.3, -0.25) is 9.05 Å². The fourth-order valence-electron chi connectivity index (χ4n) is 2.85. The van der Waals surface area contributed by atoms with E-state index < -0.39 is 14.9 Å². The molecular weight excluding hydrogens is 368 g/mol. The normalized spacial score (nSPS) is 13.5. The smallest absolute Gasteiger partial charge is 0.314 e. The maximum Gasteiger partial charge on any atom is 0.405 e. The lowest BCUT2D eigenvalue weighted by Gasteiger charge is -2.26. The van der Waals surface area contributed by atoms with Gasteiger partial charge < -0.3 is 4.57 Å². The third kappa shape index (κ3) is 5.39. The Balaban J connectivity index is 2.31. The summed E-state index contributed by atoms with van der Waals surface area (Å²) >= 11 is 0. The Hall–Kier alpha value is -1.22. The lowest BCUT2D eigenvalue weighted by atomic mass is 10.4. The van der Waals surface area contributed by atoms with Gasteiger partial charge in [-0.05, 0) is 20.8 Å². The van der Waals surface area contributed by atoms with E-state index >= 15 is 0 Å². The summed E-state index contributed by atoms with van der Waals surface area (Å²) in [5.74, 6) is 0. The highest BCUT2D eigenvalue weighted by atomic mass is 31.2. The Morgan fingerprint density at radius 3 is 1.65 bits per heavy atom. The van der Waals surface area contributed by atoms with Crippen molar-refractivity contribution in [1.82, 2.24) is 5.09 Å². The van der Waals surface area contributed by atoms with E-state index in [0.717, 1.165) is 10.6 Å². The molecule has 1 atom stereocenters. The van der Waals surface area contributed by atoms with Gasteiger partial charge in [0.2, 0.25) is 0 Å². The first-order chi connectivity index (χ1) is 12.4. The molecule has 1 unspecified atom stereocenters. The molecule has 0 bridgehead atoms. The van der Waals surface area contributed by atoms with Crippen molar-refractivity contribution >= 4 is 25.5 Å². The van der Waals surface area contributed by atoms with E-state index in [4.69, 9.17) is 9.05 Å². The van der Waals surface area contributed by atoms with Crippen molar-refractivity contribution in [1.29, 1.82) is 0 Å². The summed E-state index contributed by atoms with van der Waals surface area (Å²) < 4.78 is 37.4. The molecule has 1 N–H and O–H groups in total. The summed E-state index contributed by atoms with van der Waals surface area (Å²) in [6.07, 6.45) is 0.311. The van der Waals surface area contributed by atoms with Crippen LogP contribution in [0.1, 0.15) is 20.8 Å². The summed E-state index contributed by atoms with van der Waals surface area (Å²) in [6.45, 7) is 5.91. The summed E-state index contributed by atoms with van der Waals surface area (Å²) in [6, 6.07) is 18.5. The Morgan fingerprint density at radius 2 is 1.27 bits per heavy atom. The summed E-state index contributed by atoms with van der Waals surface area (Å²) in [7, 11) is -6.31. The van der Waals surface area contributed by atoms with Gasteiger partial charge in [0.1, 0.15) is 7.14 Å². The molecule has 0 aromatic heterocycles. The van der Waals surface area contributed by atoms with Crippen LogP contribution < -0.4 is 15.7 Å². The second-order valence-electron chi connectivity index (χ2n) is 5.96. The van der Waals surface area contributed by atoms with Gasteiger partial charge in [-0.1, -0.05) is 60.7 Å². The molecule has 2 aromatic carbocycles. The Labute approximate surface area is 156 Å². The lowest BCUT2D eigenvalue weighted by molar-refractivity contribution is 0.208. The first-order valence-electron chi connectivity index (χ1n) is 8.80. The van der Waals surface area contributed by atoms with Crippen LogP contribution in [0.2, 0.25) is 0 Å². The van der Waals surface area contributed by atoms with Crippen molar-refractivity contribution in [3.05, 3.63) is 60.7 Å². The average Bonchev–Trinajstić information content (AvgIpc) is 2.63. The van der Waals surface area contributed by atoms with E-state index in [1.165, 1.54) is 0 Å². The number of benzene rings is 2. The predicted octanol–water partition coefficient (Wildman–Crippen LogP) is 4.16. The van der Waals surface area contributed by atoms with Gasteiger partial charge in [0.15, 0.2) is 0 Å². The van der Waals surface area contributed by atoms with Crippen LogP contribution in [0, 0.1) is 0 Å².